The predicted octanol–water partition coefficient (Wildman–Crippen LogP) is 3.15. The van der Waals surface area contributed by atoms with E-state index >= 15 is 0 Å². The summed E-state index contributed by atoms with van der Waals surface area (Å²) in [7, 11) is 0. The number of nitriles is 1. The quantitative estimate of drug-likeness (QED) is 0.927. The van der Waals surface area contributed by atoms with Gasteiger partial charge in [-0.1, -0.05) is 22.9 Å². The Balaban J connectivity index is 2.95. The van der Waals surface area contributed by atoms with Gasteiger partial charge in [-0.05, 0) is 18.6 Å². The zero-order valence-corrected chi connectivity index (χ0v) is 11.2. The molecule has 0 heterocycles. The smallest absolute Gasteiger partial charge is 0.257 e. The maximum atomic E-state index is 13.5. The molecule has 0 aliphatic heterocycles. The van der Waals surface area contributed by atoms with Crippen LogP contribution in [-0.2, 0) is 0 Å². The third-order valence-corrected chi connectivity index (χ3v) is 2.86. The summed E-state index contributed by atoms with van der Waals surface area (Å²) in [6, 6.07) is 3.53. The van der Waals surface area contributed by atoms with Gasteiger partial charge in [-0.3, -0.25) is 4.79 Å². The molecule has 1 rings (SSSR count). The van der Waals surface area contributed by atoms with Crippen molar-refractivity contribution in [3.05, 3.63) is 33.8 Å². The lowest BCUT2D eigenvalue weighted by atomic mass is 10.1. The van der Waals surface area contributed by atoms with Crippen molar-refractivity contribution in [1.82, 2.24) is 5.32 Å². The highest BCUT2D eigenvalue weighted by Gasteiger charge is 2.20. The minimum atomic E-state index is -0.939. The van der Waals surface area contributed by atoms with Crippen molar-refractivity contribution >= 4 is 21.8 Å². The molecule has 1 unspecified atom stereocenters. The van der Waals surface area contributed by atoms with Crippen molar-refractivity contribution in [2.24, 2.45) is 0 Å². The molecule has 1 atom stereocenters. The summed E-state index contributed by atoms with van der Waals surface area (Å²) in [6.45, 7) is 1.77. The van der Waals surface area contributed by atoms with E-state index in [0.29, 0.717) is 6.42 Å². The van der Waals surface area contributed by atoms with Gasteiger partial charge in [0.25, 0.3) is 5.91 Å². The number of halogens is 3. The molecule has 1 aromatic carbocycles. The lowest BCUT2D eigenvalue weighted by Gasteiger charge is -2.14. The van der Waals surface area contributed by atoms with Crippen LogP contribution in [0.1, 0.15) is 30.1 Å². The van der Waals surface area contributed by atoms with Gasteiger partial charge in [-0.25, -0.2) is 8.78 Å². The predicted molar refractivity (Wildman–Crippen MR) is 65.8 cm³/mol. The van der Waals surface area contributed by atoms with Gasteiger partial charge in [0.2, 0.25) is 0 Å². The highest BCUT2D eigenvalue weighted by Crippen LogP contribution is 2.19. The minimum Gasteiger partial charge on any atom is -0.348 e. The first-order valence-corrected chi connectivity index (χ1v) is 6.11. The van der Waals surface area contributed by atoms with E-state index in [4.69, 9.17) is 5.26 Å². The molecule has 6 heteroatoms. The van der Waals surface area contributed by atoms with Crippen molar-refractivity contribution in [2.75, 3.05) is 0 Å². The van der Waals surface area contributed by atoms with Crippen LogP contribution < -0.4 is 5.32 Å². The van der Waals surface area contributed by atoms with Gasteiger partial charge in [-0.2, -0.15) is 5.26 Å². The zero-order valence-electron chi connectivity index (χ0n) is 9.64. The lowest BCUT2D eigenvalue weighted by molar-refractivity contribution is 0.0928. The van der Waals surface area contributed by atoms with Crippen LogP contribution in [0.4, 0.5) is 8.78 Å². The summed E-state index contributed by atoms with van der Waals surface area (Å²) >= 11 is 2.93. The molecule has 0 bridgehead atoms. The second kappa shape index (κ2) is 6.45. The maximum Gasteiger partial charge on any atom is 0.257 e. The Hall–Kier alpha value is -1.48. The highest BCUT2D eigenvalue weighted by atomic mass is 79.9. The average molecular weight is 317 g/mol. The molecule has 0 spiro atoms. The topological polar surface area (TPSA) is 52.9 Å². The van der Waals surface area contributed by atoms with E-state index in [9.17, 15) is 13.6 Å². The Morgan fingerprint density at radius 1 is 1.50 bits per heavy atom. The highest BCUT2D eigenvalue weighted by molar-refractivity contribution is 9.10. The number of nitrogens with one attached hydrogen (secondary N) is 1. The molecular weight excluding hydrogens is 306 g/mol. The molecule has 18 heavy (non-hydrogen) atoms. The van der Waals surface area contributed by atoms with Crippen molar-refractivity contribution < 1.29 is 13.6 Å². The van der Waals surface area contributed by atoms with E-state index < -0.39 is 29.1 Å². The van der Waals surface area contributed by atoms with Crippen molar-refractivity contribution in [2.45, 2.75) is 25.8 Å². The molecule has 0 fully saturated rings. The molecule has 0 radical (unpaired) electrons. The number of carbonyl (C=O) groups is 1. The van der Waals surface area contributed by atoms with E-state index in [1.165, 1.54) is 0 Å². The van der Waals surface area contributed by atoms with Crippen LogP contribution >= 0.6 is 15.9 Å². The van der Waals surface area contributed by atoms with Gasteiger partial charge in [0, 0.05) is 10.5 Å². The molecule has 3 nitrogen and oxygen atoms in total. The fourth-order valence-corrected chi connectivity index (χ4v) is 1.83. The van der Waals surface area contributed by atoms with Crippen molar-refractivity contribution in [1.29, 1.82) is 5.26 Å². The maximum absolute atomic E-state index is 13.5. The molecule has 0 aliphatic carbocycles. The second-order valence-corrected chi connectivity index (χ2v) is 4.60. The summed E-state index contributed by atoms with van der Waals surface area (Å²) < 4.78 is 27.2. The number of rotatable bonds is 4. The molecule has 96 valence electrons. The van der Waals surface area contributed by atoms with E-state index in [1.807, 2.05) is 6.07 Å². The van der Waals surface area contributed by atoms with Gasteiger partial charge in [-0.15, -0.1) is 0 Å². The van der Waals surface area contributed by atoms with Crippen molar-refractivity contribution in [3.8, 4) is 6.07 Å². The van der Waals surface area contributed by atoms with Crippen LogP contribution in [0, 0.1) is 23.0 Å². The number of hydrogen-bond acceptors (Lipinski definition) is 2. The molecule has 0 aromatic heterocycles. The number of nitrogens with zero attached hydrogens (tertiary/aromatic N) is 1. The molecule has 0 saturated carbocycles. The van der Waals surface area contributed by atoms with Crippen LogP contribution in [0.3, 0.4) is 0 Å². The number of benzene rings is 1. The third kappa shape index (κ3) is 3.50. The molecule has 1 aromatic rings. The minimum absolute atomic E-state index is 0.0992. The SMILES string of the molecule is CCC(CC#N)NC(=O)c1c(F)cc(Br)cc1F. The summed E-state index contributed by atoms with van der Waals surface area (Å²) in [5.74, 6) is -2.73. The summed E-state index contributed by atoms with van der Waals surface area (Å²) in [5.41, 5.74) is -0.630. The Labute approximate surface area is 112 Å². The molecular formula is C12H11BrF2N2O. The molecule has 0 aliphatic rings. The first kappa shape index (κ1) is 14.6. The van der Waals surface area contributed by atoms with Crippen LogP contribution in [0.15, 0.2) is 16.6 Å². The van der Waals surface area contributed by atoms with Gasteiger partial charge < -0.3 is 5.32 Å². The largest absolute Gasteiger partial charge is 0.348 e. The second-order valence-electron chi connectivity index (χ2n) is 3.69. The summed E-state index contributed by atoms with van der Waals surface area (Å²) in [6.07, 6.45) is 0.612. The summed E-state index contributed by atoms with van der Waals surface area (Å²) in [5, 5.41) is 11.0. The molecule has 1 amide bonds. The Bertz CT molecular complexity index is 476. The Morgan fingerprint density at radius 2 is 2.06 bits per heavy atom. The average Bonchev–Trinajstić information content (AvgIpc) is 2.26. The van der Waals surface area contributed by atoms with Crippen LogP contribution in [0.25, 0.3) is 0 Å². The van der Waals surface area contributed by atoms with E-state index in [-0.39, 0.29) is 10.9 Å². The van der Waals surface area contributed by atoms with E-state index in [1.54, 1.807) is 6.92 Å². The Kier molecular flexibility index (Phi) is 5.23. The zero-order chi connectivity index (χ0) is 13.7. The van der Waals surface area contributed by atoms with Crippen LogP contribution in [-0.4, -0.2) is 11.9 Å². The lowest BCUT2D eigenvalue weighted by Crippen LogP contribution is -2.35. The third-order valence-electron chi connectivity index (χ3n) is 2.40. The number of hydrogen-bond donors (Lipinski definition) is 1. The van der Waals surface area contributed by atoms with Gasteiger partial charge in [0.15, 0.2) is 0 Å². The van der Waals surface area contributed by atoms with Gasteiger partial charge in [0.1, 0.15) is 17.2 Å². The first-order valence-electron chi connectivity index (χ1n) is 5.32. The van der Waals surface area contributed by atoms with Crippen LogP contribution in [0.2, 0.25) is 0 Å². The number of amides is 1. The Morgan fingerprint density at radius 3 is 2.50 bits per heavy atom. The monoisotopic (exact) mass is 316 g/mol. The normalized spacial score (nSPS) is 11.7. The molecule has 0 saturated heterocycles. The fourth-order valence-electron chi connectivity index (χ4n) is 1.42. The van der Waals surface area contributed by atoms with E-state index in [2.05, 4.69) is 21.2 Å². The van der Waals surface area contributed by atoms with Crippen molar-refractivity contribution in [3.63, 3.8) is 0 Å². The summed E-state index contributed by atoms with van der Waals surface area (Å²) in [4.78, 5) is 11.7. The number of carbonyl (C=O) groups excluding carboxylic acids is 1. The first-order chi connectivity index (χ1) is 8.49. The molecule has 1 N–H and O–H groups in total. The van der Waals surface area contributed by atoms with Crippen LogP contribution in [0.5, 0.6) is 0 Å². The standard InChI is InChI=1S/C12H11BrF2N2O/c1-2-8(3-4-16)17-12(18)11-9(14)5-7(13)6-10(11)15/h5-6,8H,2-3H2,1H3,(H,17,18). The van der Waals surface area contributed by atoms with Gasteiger partial charge in [0.05, 0.1) is 12.5 Å². The fraction of sp³-hybridized carbons (Fsp3) is 0.333. The van der Waals surface area contributed by atoms with Gasteiger partial charge >= 0.3 is 0 Å². The van der Waals surface area contributed by atoms with E-state index in [0.717, 1.165) is 12.1 Å².